The fourth-order valence-electron chi connectivity index (χ4n) is 3.20. The third-order valence-corrected chi connectivity index (χ3v) is 8.23. The monoisotopic (exact) mass is 502 g/mol. The van der Waals surface area contributed by atoms with E-state index in [1.807, 2.05) is 30.6 Å². The minimum atomic E-state index is -3.37. The van der Waals surface area contributed by atoms with Crippen LogP contribution in [0.15, 0.2) is 47.8 Å². The van der Waals surface area contributed by atoms with Crippen molar-refractivity contribution in [2.24, 2.45) is 0 Å². The topological polar surface area (TPSA) is 101 Å². The Bertz CT molecular complexity index is 1440. The van der Waals surface area contributed by atoms with Gasteiger partial charge < -0.3 is 15.4 Å². The van der Waals surface area contributed by atoms with Gasteiger partial charge in [0, 0.05) is 29.7 Å². The number of methoxy groups -OCH3 is 1. The second-order valence-electron chi connectivity index (χ2n) is 7.22. The van der Waals surface area contributed by atoms with Crippen molar-refractivity contribution in [3.8, 4) is 17.0 Å². The predicted octanol–water partition coefficient (Wildman–Crippen LogP) is 4.72. The smallest absolute Gasteiger partial charge is 0.265 e. The largest absolute Gasteiger partial charge is 0.495 e. The van der Waals surface area contributed by atoms with Gasteiger partial charge in [0.1, 0.15) is 5.75 Å². The summed E-state index contributed by atoms with van der Waals surface area (Å²) in [7, 11) is 1.49. The van der Waals surface area contributed by atoms with Gasteiger partial charge in [0.05, 0.1) is 35.3 Å². The molecular weight excluding hydrogens is 480 g/mol. The zero-order chi connectivity index (χ0) is 23.8. The summed E-state index contributed by atoms with van der Waals surface area (Å²) in [4.78, 5) is 18.1. The Morgan fingerprint density at radius 1 is 1.15 bits per heavy atom. The van der Waals surface area contributed by atoms with Crippen molar-refractivity contribution in [1.82, 2.24) is 4.98 Å². The average molecular weight is 503 g/mol. The summed E-state index contributed by atoms with van der Waals surface area (Å²) in [5.74, 6) is 0.258. The fraction of sp³-hybridized carbons (Fsp3) is 0.182. The molecule has 8 nitrogen and oxygen atoms in total. The summed E-state index contributed by atoms with van der Waals surface area (Å²) < 4.78 is 31.2. The summed E-state index contributed by atoms with van der Waals surface area (Å²) >= 11 is 2.83. The highest BCUT2D eigenvalue weighted by molar-refractivity contribution is 7.92. The van der Waals surface area contributed by atoms with Crippen molar-refractivity contribution in [2.75, 3.05) is 42.4 Å². The normalized spacial score (nSPS) is 11.4. The molecule has 11 heteroatoms. The number of ether oxygens (including phenoxy) is 1. The highest BCUT2D eigenvalue weighted by Gasteiger charge is 2.17. The molecule has 0 aliphatic carbocycles. The molecule has 0 aliphatic heterocycles. The Balaban J connectivity index is 1.62. The number of thiophene rings is 1. The Morgan fingerprint density at radius 3 is 2.61 bits per heavy atom. The molecule has 0 saturated carbocycles. The fourth-order valence-corrected chi connectivity index (χ4v) is 5.32. The molecule has 0 aliphatic rings. The summed E-state index contributed by atoms with van der Waals surface area (Å²) in [6.45, 7) is 0. The van der Waals surface area contributed by atoms with E-state index in [1.165, 1.54) is 34.0 Å². The van der Waals surface area contributed by atoms with Crippen LogP contribution < -0.4 is 19.7 Å². The van der Waals surface area contributed by atoms with Crippen LogP contribution in [0.1, 0.15) is 9.67 Å². The highest BCUT2D eigenvalue weighted by Crippen LogP contribution is 2.34. The van der Waals surface area contributed by atoms with Gasteiger partial charge in [0.15, 0.2) is 5.13 Å². The highest BCUT2D eigenvalue weighted by atomic mass is 32.2. The second-order valence-corrected chi connectivity index (χ2v) is 11.2. The molecule has 172 valence electrons. The minimum Gasteiger partial charge on any atom is -0.495 e. The molecule has 0 saturated heterocycles. The first kappa shape index (κ1) is 23.0. The number of fused-ring (bicyclic) bond motifs is 1. The van der Waals surface area contributed by atoms with Crippen molar-refractivity contribution in [1.29, 1.82) is 0 Å². The van der Waals surface area contributed by atoms with Crippen LogP contribution in [-0.4, -0.2) is 46.8 Å². The molecule has 33 heavy (non-hydrogen) atoms. The van der Waals surface area contributed by atoms with E-state index in [1.54, 1.807) is 31.4 Å². The van der Waals surface area contributed by atoms with Crippen molar-refractivity contribution in [3.05, 3.63) is 52.7 Å². The molecule has 4 rings (SSSR count). The molecule has 0 spiro atoms. The lowest BCUT2D eigenvalue weighted by Crippen LogP contribution is -2.24. The number of rotatable bonds is 7. The first-order valence-corrected chi connectivity index (χ1v) is 13.3. The Hall–Kier alpha value is -3.15. The quantitative estimate of drug-likeness (QED) is 0.379. The number of carbonyl (C=O) groups excluding carboxylic acids is 1. The van der Waals surface area contributed by atoms with Crippen molar-refractivity contribution in [3.63, 3.8) is 0 Å². The Kier molecular flexibility index (Phi) is 6.28. The molecule has 0 radical (unpaired) electrons. The maximum absolute atomic E-state index is 13.0. The number of hydrogen-bond donors (Lipinski definition) is 2. The molecular formula is C22H22N4O4S3. The lowest BCUT2D eigenvalue weighted by molar-refractivity contribution is 0.103. The number of carbonyl (C=O) groups is 1. The van der Waals surface area contributed by atoms with E-state index in [0.717, 1.165) is 32.7 Å². The van der Waals surface area contributed by atoms with Gasteiger partial charge in [-0.05, 0) is 47.9 Å². The van der Waals surface area contributed by atoms with Crippen LogP contribution in [0.4, 0.5) is 16.5 Å². The van der Waals surface area contributed by atoms with Gasteiger partial charge in [-0.15, -0.1) is 22.7 Å². The number of benzene rings is 2. The Morgan fingerprint density at radius 2 is 1.94 bits per heavy atom. The number of hydrogen-bond acceptors (Lipinski definition) is 8. The molecule has 2 N–H and O–H groups in total. The lowest BCUT2D eigenvalue weighted by Gasteiger charge is -2.16. The Labute approximate surface area is 199 Å². The van der Waals surface area contributed by atoms with Crippen LogP contribution in [-0.2, 0) is 10.0 Å². The van der Waals surface area contributed by atoms with Gasteiger partial charge in [-0.3, -0.25) is 9.10 Å². The van der Waals surface area contributed by atoms with E-state index in [4.69, 9.17) is 4.74 Å². The van der Waals surface area contributed by atoms with Gasteiger partial charge in [0.25, 0.3) is 5.91 Å². The van der Waals surface area contributed by atoms with E-state index in [-0.39, 0.29) is 5.91 Å². The molecule has 0 atom stereocenters. The summed E-state index contributed by atoms with van der Waals surface area (Å²) in [6, 6.07) is 12.6. The molecule has 1 amide bonds. The summed E-state index contributed by atoms with van der Waals surface area (Å²) in [5.41, 5.74) is 2.72. The number of nitrogens with zero attached hydrogens (tertiary/aromatic N) is 2. The molecule has 2 aromatic heterocycles. The van der Waals surface area contributed by atoms with Crippen LogP contribution in [0.2, 0.25) is 0 Å². The number of sulfonamides is 1. The first-order valence-electron chi connectivity index (χ1n) is 9.80. The van der Waals surface area contributed by atoms with Crippen molar-refractivity contribution in [2.45, 2.75) is 0 Å². The van der Waals surface area contributed by atoms with E-state index >= 15 is 0 Å². The first-order chi connectivity index (χ1) is 15.7. The zero-order valence-electron chi connectivity index (χ0n) is 18.4. The number of thiazole rings is 1. The van der Waals surface area contributed by atoms with Crippen LogP contribution in [0.25, 0.3) is 21.3 Å². The number of aromatic nitrogens is 1. The van der Waals surface area contributed by atoms with E-state index in [0.29, 0.717) is 22.0 Å². The SMILES string of the molecule is CNc1nc(-c2ccc(OC)c(NC(=O)c3cc4cc(N(C)S(C)(=O)=O)ccc4s3)c2)cs1. The van der Waals surface area contributed by atoms with E-state index < -0.39 is 10.0 Å². The predicted molar refractivity (Wildman–Crippen MR) is 137 cm³/mol. The lowest BCUT2D eigenvalue weighted by atomic mass is 10.1. The number of nitrogens with one attached hydrogen (secondary N) is 2. The van der Waals surface area contributed by atoms with Gasteiger partial charge >= 0.3 is 0 Å². The molecule has 0 fully saturated rings. The minimum absolute atomic E-state index is 0.279. The molecule has 2 aromatic carbocycles. The van der Waals surface area contributed by atoms with Crippen LogP contribution >= 0.6 is 22.7 Å². The van der Waals surface area contributed by atoms with Crippen LogP contribution in [0.5, 0.6) is 5.75 Å². The second kappa shape index (κ2) is 9.00. The van der Waals surface area contributed by atoms with Gasteiger partial charge in [-0.25, -0.2) is 13.4 Å². The third-order valence-electron chi connectivity index (χ3n) is 5.05. The van der Waals surface area contributed by atoms with Gasteiger partial charge in [-0.2, -0.15) is 0 Å². The molecule has 4 aromatic rings. The van der Waals surface area contributed by atoms with Gasteiger partial charge in [-0.1, -0.05) is 0 Å². The number of amides is 1. The maximum atomic E-state index is 13.0. The molecule has 2 heterocycles. The van der Waals surface area contributed by atoms with Gasteiger partial charge in [0.2, 0.25) is 10.0 Å². The summed E-state index contributed by atoms with van der Waals surface area (Å²) in [6.07, 6.45) is 1.15. The average Bonchev–Trinajstić information content (AvgIpc) is 3.44. The standard InChI is InChI=1S/C22H22N4O4S3/c1-23-22-25-17(12-31-22)13-5-7-18(30-3)16(10-13)24-21(27)20-11-14-9-15(6-8-19(14)32-20)26(2)33(4,28)29/h5-12H,1-4H3,(H,23,25)(H,24,27). The number of anilines is 3. The molecule has 0 unspecified atom stereocenters. The molecule has 0 bridgehead atoms. The summed E-state index contributed by atoms with van der Waals surface area (Å²) in [5, 5.41) is 9.49. The van der Waals surface area contributed by atoms with E-state index in [9.17, 15) is 13.2 Å². The van der Waals surface area contributed by atoms with Crippen LogP contribution in [0.3, 0.4) is 0 Å². The van der Waals surface area contributed by atoms with Crippen LogP contribution in [0, 0.1) is 0 Å². The zero-order valence-corrected chi connectivity index (χ0v) is 20.8. The van der Waals surface area contributed by atoms with Crippen molar-refractivity contribution >= 4 is 65.2 Å². The maximum Gasteiger partial charge on any atom is 0.265 e. The third kappa shape index (κ3) is 4.80. The van der Waals surface area contributed by atoms with E-state index in [2.05, 4.69) is 15.6 Å². The van der Waals surface area contributed by atoms with Crippen molar-refractivity contribution < 1.29 is 17.9 Å².